The molecule has 6 heteroatoms. The third kappa shape index (κ3) is 4.39. The van der Waals surface area contributed by atoms with Gasteiger partial charge in [0.05, 0.1) is 17.5 Å². The first-order chi connectivity index (χ1) is 14.6. The normalized spacial score (nSPS) is 11.0. The van der Waals surface area contributed by atoms with Crippen LogP contribution in [0.1, 0.15) is 21.5 Å². The Morgan fingerprint density at radius 1 is 1.03 bits per heavy atom. The highest BCUT2D eigenvalue weighted by atomic mass is 79.9. The number of para-hydroxylation sites is 1. The van der Waals surface area contributed by atoms with E-state index in [2.05, 4.69) is 32.5 Å². The molecule has 1 aromatic heterocycles. The summed E-state index contributed by atoms with van der Waals surface area (Å²) in [5.74, 6) is -0.286. The van der Waals surface area contributed by atoms with E-state index < -0.39 is 0 Å². The van der Waals surface area contributed by atoms with Gasteiger partial charge in [0, 0.05) is 21.8 Å². The molecule has 3 aromatic carbocycles. The molecule has 5 nitrogen and oxygen atoms in total. The first kappa shape index (κ1) is 19.8. The Balaban J connectivity index is 1.66. The topological polar surface area (TPSA) is 59.3 Å². The van der Waals surface area contributed by atoms with Crippen LogP contribution in [0.4, 0.5) is 0 Å². The quantitative estimate of drug-likeness (QED) is 0.322. The summed E-state index contributed by atoms with van der Waals surface area (Å²) in [6, 6.07) is 25.2. The number of nitrogens with one attached hydrogen (secondary N) is 1. The van der Waals surface area contributed by atoms with E-state index in [1.807, 2.05) is 84.5 Å². The summed E-state index contributed by atoms with van der Waals surface area (Å²) in [4.78, 5) is 12.4. The number of benzene rings is 3. The fourth-order valence-electron chi connectivity index (χ4n) is 3.08. The van der Waals surface area contributed by atoms with Crippen molar-refractivity contribution >= 4 is 28.1 Å². The number of nitrogens with zero attached hydrogens (tertiary/aromatic N) is 3. The van der Waals surface area contributed by atoms with Crippen LogP contribution in [0.2, 0.25) is 0 Å². The maximum atomic E-state index is 12.4. The summed E-state index contributed by atoms with van der Waals surface area (Å²) in [5, 5.41) is 8.94. The van der Waals surface area contributed by atoms with Gasteiger partial charge in [0.15, 0.2) is 0 Å². The highest BCUT2D eigenvalue weighted by Gasteiger charge is 2.12. The fraction of sp³-hybridized carbons (Fsp3) is 0.0417. The Hall–Kier alpha value is -3.51. The summed E-state index contributed by atoms with van der Waals surface area (Å²) < 4.78 is 2.53. The van der Waals surface area contributed by atoms with Crippen LogP contribution < -0.4 is 5.43 Å². The lowest BCUT2D eigenvalue weighted by molar-refractivity contribution is 0.0954. The van der Waals surface area contributed by atoms with E-state index >= 15 is 0 Å². The predicted octanol–water partition coefficient (Wildman–Crippen LogP) is 5.37. The van der Waals surface area contributed by atoms with Gasteiger partial charge in [-0.1, -0.05) is 54.1 Å². The second-order valence-electron chi connectivity index (χ2n) is 6.76. The number of hydrogen-bond acceptors (Lipinski definition) is 3. The van der Waals surface area contributed by atoms with E-state index in [4.69, 9.17) is 5.10 Å². The highest BCUT2D eigenvalue weighted by Crippen LogP contribution is 2.23. The van der Waals surface area contributed by atoms with E-state index in [-0.39, 0.29) is 5.91 Å². The Bertz CT molecular complexity index is 1210. The van der Waals surface area contributed by atoms with Gasteiger partial charge in [-0.3, -0.25) is 4.79 Å². The Kier molecular flexibility index (Phi) is 5.86. The molecule has 0 atom stereocenters. The number of aromatic nitrogens is 2. The minimum atomic E-state index is -0.286. The Morgan fingerprint density at radius 3 is 2.57 bits per heavy atom. The first-order valence-electron chi connectivity index (χ1n) is 9.42. The van der Waals surface area contributed by atoms with E-state index in [9.17, 15) is 4.79 Å². The summed E-state index contributed by atoms with van der Waals surface area (Å²) >= 11 is 3.39. The van der Waals surface area contributed by atoms with Gasteiger partial charge in [0.25, 0.3) is 5.91 Å². The number of halogens is 1. The Labute approximate surface area is 183 Å². The zero-order valence-corrected chi connectivity index (χ0v) is 17.9. The lowest BCUT2D eigenvalue weighted by Gasteiger charge is -2.02. The van der Waals surface area contributed by atoms with Crippen LogP contribution in [0.25, 0.3) is 16.9 Å². The molecule has 30 heavy (non-hydrogen) atoms. The van der Waals surface area contributed by atoms with Crippen molar-refractivity contribution in [3.63, 3.8) is 0 Å². The van der Waals surface area contributed by atoms with Gasteiger partial charge in [-0.15, -0.1) is 0 Å². The van der Waals surface area contributed by atoms with E-state index in [0.717, 1.165) is 32.5 Å². The minimum Gasteiger partial charge on any atom is -0.267 e. The smallest absolute Gasteiger partial charge is 0.267 e. The summed E-state index contributed by atoms with van der Waals surface area (Å²) in [6.07, 6.45) is 3.53. The van der Waals surface area contributed by atoms with Crippen molar-refractivity contribution in [2.75, 3.05) is 0 Å². The molecular weight excluding hydrogens is 440 g/mol. The molecule has 0 saturated heterocycles. The minimum absolute atomic E-state index is 0.286. The van der Waals surface area contributed by atoms with Gasteiger partial charge in [0.2, 0.25) is 0 Å². The first-order valence-corrected chi connectivity index (χ1v) is 10.2. The van der Waals surface area contributed by atoms with Gasteiger partial charge in [-0.2, -0.15) is 10.2 Å². The summed E-state index contributed by atoms with van der Waals surface area (Å²) in [7, 11) is 0. The molecule has 4 aromatic rings. The second-order valence-corrected chi connectivity index (χ2v) is 7.62. The highest BCUT2D eigenvalue weighted by molar-refractivity contribution is 9.10. The lowest BCUT2D eigenvalue weighted by atomic mass is 10.1. The van der Waals surface area contributed by atoms with Crippen LogP contribution in [-0.2, 0) is 0 Å². The van der Waals surface area contributed by atoms with E-state index in [0.29, 0.717) is 5.56 Å². The number of amides is 1. The fourth-order valence-corrected chi connectivity index (χ4v) is 3.54. The summed E-state index contributed by atoms with van der Waals surface area (Å²) in [5.41, 5.74) is 7.79. The largest absolute Gasteiger partial charge is 0.272 e. The Morgan fingerprint density at radius 2 is 1.80 bits per heavy atom. The lowest BCUT2D eigenvalue weighted by Crippen LogP contribution is -2.18. The van der Waals surface area contributed by atoms with Gasteiger partial charge in [-0.25, -0.2) is 10.1 Å². The third-order valence-electron chi connectivity index (χ3n) is 4.54. The third-order valence-corrected chi connectivity index (χ3v) is 5.23. The molecule has 0 aliphatic carbocycles. The molecule has 0 unspecified atom stereocenters. The molecule has 0 fully saturated rings. The molecule has 4 rings (SSSR count). The standard InChI is InChI=1S/C24H19BrN4O/c1-17-8-7-9-18(14-17)23-19(16-29(28-23)20-10-3-2-4-11-20)15-26-27-24(30)21-12-5-6-13-22(21)25/h2-16H,1H3,(H,27,30)/b26-15-. The van der Waals surface area contributed by atoms with E-state index in [1.54, 1.807) is 12.3 Å². The maximum Gasteiger partial charge on any atom is 0.272 e. The van der Waals surface area contributed by atoms with Crippen LogP contribution in [0, 0.1) is 6.92 Å². The molecule has 0 saturated carbocycles. The monoisotopic (exact) mass is 458 g/mol. The van der Waals surface area contributed by atoms with Crippen LogP contribution in [0.3, 0.4) is 0 Å². The van der Waals surface area contributed by atoms with Crippen LogP contribution in [0.15, 0.2) is 94.6 Å². The zero-order valence-electron chi connectivity index (χ0n) is 16.3. The molecule has 1 amide bonds. The van der Waals surface area contributed by atoms with Crippen LogP contribution in [-0.4, -0.2) is 21.9 Å². The molecule has 0 bridgehead atoms. The zero-order chi connectivity index (χ0) is 20.9. The van der Waals surface area contributed by atoms with E-state index in [1.165, 1.54) is 0 Å². The number of aryl methyl sites for hydroxylation is 1. The molecule has 0 aliphatic heterocycles. The number of carbonyl (C=O) groups excluding carboxylic acids is 1. The molecular formula is C24H19BrN4O. The molecule has 0 radical (unpaired) electrons. The molecule has 1 N–H and O–H groups in total. The van der Waals surface area contributed by atoms with Crippen LogP contribution in [0.5, 0.6) is 0 Å². The number of rotatable bonds is 5. The number of hydrazone groups is 1. The van der Waals surface area contributed by atoms with Crippen molar-refractivity contribution < 1.29 is 4.79 Å². The van der Waals surface area contributed by atoms with Crippen molar-refractivity contribution in [2.24, 2.45) is 5.10 Å². The van der Waals surface area contributed by atoms with Gasteiger partial charge in [0.1, 0.15) is 5.69 Å². The van der Waals surface area contributed by atoms with Crippen molar-refractivity contribution in [2.45, 2.75) is 6.92 Å². The van der Waals surface area contributed by atoms with Gasteiger partial charge >= 0.3 is 0 Å². The average molecular weight is 459 g/mol. The predicted molar refractivity (Wildman–Crippen MR) is 123 cm³/mol. The molecule has 1 heterocycles. The molecule has 0 aliphatic rings. The SMILES string of the molecule is Cc1cccc(-c2nn(-c3ccccc3)cc2/C=N\NC(=O)c2ccccc2Br)c1. The van der Waals surface area contributed by atoms with Crippen LogP contribution >= 0.6 is 15.9 Å². The second kappa shape index (κ2) is 8.88. The summed E-state index contributed by atoms with van der Waals surface area (Å²) in [6.45, 7) is 2.05. The van der Waals surface area contributed by atoms with Gasteiger partial charge < -0.3 is 0 Å². The maximum absolute atomic E-state index is 12.4. The molecule has 0 spiro atoms. The number of hydrogen-bond donors (Lipinski definition) is 1. The van der Waals surface area contributed by atoms with Crippen molar-refractivity contribution in [1.82, 2.24) is 15.2 Å². The average Bonchev–Trinajstić information content (AvgIpc) is 3.19. The van der Waals surface area contributed by atoms with Crippen molar-refractivity contribution in [1.29, 1.82) is 0 Å². The number of carbonyl (C=O) groups is 1. The van der Waals surface area contributed by atoms with Crippen molar-refractivity contribution in [3.8, 4) is 16.9 Å². The van der Waals surface area contributed by atoms with Crippen molar-refractivity contribution in [3.05, 3.63) is 106 Å². The molecule has 148 valence electrons. The van der Waals surface area contributed by atoms with Gasteiger partial charge in [-0.05, 0) is 53.2 Å².